The Hall–Kier alpha value is -0.460. The van der Waals surface area contributed by atoms with Crippen molar-refractivity contribution in [3.63, 3.8) is 0 Å². The van der Waals surface area contributed by atoms with Crippen molar-refractivity contribution in [3.8, 4) is 0 Å². The van der Waals surface area contributed by atoms with Gasteiger partial charge in [-0.25, -0.2) is 0 Å². The van der Waals surface area contributed by atoms with Crippen LogP contribution in [0.1, 0.15) is 32.6 Å². The summed E-state index contributed by atoms with van der Waals surface area (Å²) < 4.78 is 0. The van der Waals surface area contributed by atoms with E-state index in [1.165, 1.54) is 19.3 Å². The van der Waals surface area contributed by atoms with E-state index in [0.717, 1.165) is 18.0 Å². The SMILES string of the molecule is CCC/C=C(/N)C1CC1. The number of rotatable bonds is 3. The van der Waals surface area contributed by atoms with E-state index in [2.05, 4.69) is 13.0 Å². The molecule has 1 rings (SSSR count). The molecule has 2 N–H and O–H groups in total. The first kappa shape index (κ1) is 6.66. The summed E-state index contributed by atoms with van der Waals surface area (Å²) in [5.74, 6) is 0.761. The van der Waals surface area contributed by atoms with Gasteiger partial charge in [0.05, 0.1) is 0 Å². The van der Waals surface area contributed by atoms with Crippen LogP contribution >= 0.6 is 0 Å². The number of hydrogen-bond acceptors (Lipinski definition) is 1. The maximum absolute atomic E-state index is 5.73. The molecular formula is C8H15N. The molecule has 1 heteroatoms. The summed E-state index contributed by atoms with van der Waals surface area (Å²) in [6, 6.07) is 0. The lowest BCUT2D eigenvalue weighted by molar-refractivity contribution is 0.902. The average Bonchev–Trinajstić information content (AvgIpc) is 2.63. The van der Waals surface area contributed by atoms with Gasteiger partial charge in [-0.2, -0.15) is 0 Å². The molecule has 0 aromatic carbocycles. The second-order valence-corrected chi connectivity index (χ2v) is 2.77. The highest BCUT2D eigenvalue weighted by molar-refractivity contribution is 5.07. The van der Waals surface area contributed by atoms with E-state index in [1.807, 2.05) is 0 Å². The standard InChI is InChI=1S/C8H15N/c1-2-3-4-8(9)7-5-6-7/h4,7H,2-3,5-6,9H2,1H3/b8-4+. The summed E-state index contributed by atoms with van der Waals surface area (Å²) in [7, 11) is 0. The molecule has 0 aliphatic heterocycles. The fourth-order valence-corrected chi connectivity index (χ4v) is 0.894. The molecule has 1 nitrogen and oxygen atoms in total. The average molecular weight is 125 g/mol. The van der Waals surface area contributed by atoms with Gasteiger partial charge in [-0.15, -0.1) is 0 Å². The lowest BCUT2D eigenvalue weighted by atomic mass is 10.2. The van der Waals surface area contributed by atoms with Gasteiger partial charge in [0.1, 0.15) is 0 Å². The molecule has 0 atom stereocenters. The summed E-state index contributed by atoms with van der Waals surface area (Å²) in [4.78, 5) is 0. The summed E-state index contributed by atoms with van der Waals surface area (Å²) >= 11 is 0. The van der Waals surface area contributed by atoms with E-state index in [-0.39, 0.29) is 0 Å². The molecular weight excluding hydrogens is 110 g/mol. The van der Waals surface area contributed by atoms with Gasteiger partial charge in [-0.05, 0) is 25.2 Å². The first-order valence-electron chi connectivity index (χ1n) is 3.80. The van der Waals surface area contributed by atoms with E-state index < -0.39 is 0 Å². The minimum Gasteiger partial charge on any atom is -0.402 e. The summed E-state index contributed by atoms with van der Waals surface area (Å²) in [6.07, 6.45) is 7.20. The highest BCUT2D eigenvalue weighted by Gasteiger charge is 2.23. The molecule has 0 aromatic rings. The monoisotopic (exact) mass is 125 g/mol. The molecule has 1 aliphatic carbocycles. The van der Waals surface area contributed by atoms with Crippen molar-refractivity contribution in [2.24, 2.45) is 11.7 Å². The summed E-state index contributed by atoms with van der Waals surface area (Å²) in [6.45, 7) is 2.18. The molecule has 0 amide bonds. The van der Waals surface area contributed by atoms with Crippen LogP contribution in [0.2, 0.25) is 0 Å². The van der Waals surface area contributed by atoms with Crippen LogP contribution in [-0.2, 0) is 0 Å². The molecule has 0 heterocycles. The van der Waals surface area contributed by atoms with Crippen LogP contribution < -0.4 is 5.73 Å². The van der Waals surface area contributed by atoms with Gasteiger partial charge in [0, 0.05) is 5.70 Å². The molecule has 0 unspecified atom stereocenters. The van der Waals surface area contributed by atoms with E-state index in [0.29, 0.717) is 0 Å². The molecule has 0 aromatic heterocycles. The van der Waals surface area contributed by atoms with Crippen molar-refractivity contribution < 1.29 is 0 Å². The lowest BCUT2D eigenvalue weighted by Gasteiger charge is -1.94. The quantitative estimate of drug-likeness (QED) is 0.613. The molecule has 1 saturated carbocycles. The normalized spacial score (nSPS) is 20.3. The third-order valence-corrected chi connectivity index (χ3v) is 1.72. The molecule has 52 valence electrons. The maximum atomic E-state index is 5.73. The molecule has 0 spiro atoms. The zero-order valence-corrected chi connectivity index (χ0v) is 6.06. The number of hydrogen-bond donors (Lipinski definition) is 1. The van der Waals surface area contributed by atoms with Crippen LogP contribution in [0.25, 0.3) is 0 Å². The Morgan fingerprint density at radius 1 is 1.67 bits per heavy atom. The van der Waals surface area contributed by atoms with E-state index in [9.17, 15) is 0 Å². The van der Waals surface area contributed by atoms with Gasteiger partial charge in [-0.3, -0.25) is 0 Å². The minimum absolute atomic E-state index is 0.761. The Labute approximate surface area is 56.9 Å². The topological polar surface area (TPSA) is 26.0 Å². The molecule has 0 saturated heterocycles. The fourth-order valence-electron chi connectivity index (χ4n) is 0.894. The molecule has 1 fully saturated rings. The van der Waals surface area contributed by atoms with Crippen molar-refractivity contribution >= 4 is 0 Å². The largest absolute Gasteiger partial charge is 0.402 e. The van der Waals surface area contributed by atoms with Crippen molar-refractivity contribution in [1.82, 2.24) is 0 Å². The first-order chi connectivity index (χ1) is 4.34. The van der Waals surface area contributed by atoms with E-state index in [1.54, 1.807) is 0 Å². The highest BCUT2D eigenvalue weighted by atomic mass is 14.6. The van der Waals surface area contributed by atoms with Gasteiger partial charge >= 0.3 is 0 Å². The molecule has 0 bridgehead atoms. The Kier molecular flexibility index (Phi) is 2.15. The Balaban J connectivity index is 2.20. The maximum Gasteiger partial charge on any atom is 0.00714 e. The first-order valence-corrected chi connectivity index (χ1v) is 3.80. The Bertz CT molecular complexity index is 112. The molecule has 0 radical (unpaired) electrons. The predicted molar refractivity (Wildman–Crippen MR) is 39.9 cm³/mol. The zero-order valence-electron chi connectivity index (χ0n) is 6.06. The van der Waals surface area contributed by atoms with Gasteiger partial charge < -0.3 is 5.73 Å². The number of unbranched alkanes of at least 4 members (excludes halogenated alkanes) is 1. The van der Waals surface area contributed by atoms with Crippen LogP contribution in [0.4, 0.5) is 0 Å². The van der Waals surface area contributed by atoms with Crippen LogP contribution in [0.3, 0.4) is 0 Å². The third kappa shape index (κ3) is 2.08. The third-order valence-electron chi connectivity index (χ3n) is 1.72. The second-order valence-electron chi connectivity index (χ2n) is 2.77. The van der Waals surface area contributed by atoms with Gasteiger partial charge in [0.25, 0.3) is 0 Å². The molecule has 1 aliphatic rings. The minimum atomic E-state index is 0.761. The number of allylic oxidation sites excluding steroid dienone is 2. The smallest absolute Gasteiger partial charge is 0.00714 e. The summed E-state index contributed by atoms with van der Waals surface area (Å²) in [5.41, 5.74) is 6.86. The Morgan fingerprint density at radius 3 is 2.78 bits per heavy atom. The lowest BCUT2D eigenvalue weighted by Crippen LogP contribution is -1.98. The van der Waals surface area contributed by atoms with Crippen LogP contribution in [-0.4, -0.2) is 0 Å². The van der Waals surface area contributed by atoms with Crippen molar-refractivity contribution in [1.29, 1.82) is 0 Å². The van der Waals surface area contributed by atoms with Crippen LogP contribution in [0, 0.1) is 5.92 Å². The second kappa shape index (κ2) is 2.90. The van der Waals surface area contributed by atoms with Crippen molar-refractivity contribution in [3.05, 3.63) is 11.8 Å². The van der Waals surface area contributed by atoms with Gasteiger partial charge in [0.15, 0.2) is 0 Å². The van der Waals surface area contributed by atoms with Gasteiger partial charge in [-0.1, -0.05) is 19.4 Å². The van der Waals surface area contributed by atoms with Crippen LogP contribution in [0.5, 0.6) is 0 Å². The fraction of sp³-hybridized carbons (Fsp3) is 0.750. The van der Waals surface area contributed by atoms with E-state index in [4.69, 9.17) is 5.73 Å². The van der Waals surface area contributed by atoms with Gasteiger partial charge in [0.2, 0.25) is 0 Å². The highest BCUT2D eigenvalue weighted by Crippen LogP contribution is 2.33. The predicted octanol–water partition coefficient (Wildman–Crippen LogP) is 2.04. The van der Waals surface area contributed by atoms with Crippen molar-refractivity contribution in [2.75, 3.05) is 0 Å². The van der Waals surface area contributed by atoms with Crippen molar-refractivity contribution in [2.45, 2.75) is 32.6 Å². The summed E-state index contributed by atoms with van der Waals surface area (Å²) in [5, 5.41) is 0. The zero-order chi connectivity index (χ0) is 6.69. The van der Waals surface area contributed by atoms with Crippen LogP contribution in [0.15, 0.2) is 11.8 Å². The number of nitrogens with two attached hydrogens (primary N) is 1. The van der Waals surface area contributed by atoms with E-state index >= 15 is 0 Å². The Morgan fingerprint density at radius 2 is 2.33 bits per heavy atom. The molecule has 9 heavy (non-hydrogen) atoms.